The normalized spacial score (nSPS) is 14.7. The molecule has 1 aliphatic heterocycles. The lowest BCUT2D eigenvalue weighted by molar-refractivity contribution is -0.384. The lowest BCUT2D eigenvalue weighted by atomic mass is 10.1. The van der Waals surface area contributed by atoms with Crippen LogP contribution in [0.5, 0.6) is 5.75 Å². The first-order valence-electron chi connectivity index (χ1n) is 11.8. The van der Waals surface area contributed by atoms with E-state index >= 15 is 0 Å². The zero-order valence-corrected chi connectivity index (χ0v) is 20.9. The van der Waals surface area contributed by atoms with E-state index in [0.29, 0.717) is 22.7 Å². The topological polar surface area (TPSA) is 123 Å². The van der Waals surface area contributed by atoms with Gasteiger partial charge in [-0.3, -0.25) is 19.7 Å². The number of aryl methyl sites for hydroxylation is 1. The number of nitro groups is 1. The minimum atomic E-state index is -0.801. The molecule has 0 aliphatic carbocycles. The van der Waals surface area contributed by atoms with E-state index in [-0.39, 0.29) is 22.8 Å². The van der Waals surface area contributed by atoms with Crippen molar-refractivity contribution in [1.29, 1.82) is 0 Å². The summed E-state index contributed by atoms with van der Waals surface area (Å²) in [7, 11) is 1.38. The summed E-state index contributed by atoms with van der Waals surface area (Å²) in [4.78, 5) is 53.0. The standard InChI is InChI=1S/C29H21N3O7/c1-18-8-10-20(11-9-18)31-28(34)24(27(33)30(29(31)35)19-6-4-3-5-7-19)17-22-13-15-25(39-22)23-14-12-21(32(36)37)16-26(23)38-2/h3-17H,1-2H3/b24-17+. The average molecular weight is 524 g/mol. The SMILES string of the molecule is COc1cc([N+](=O)[O-])ccc1-c1ccc(/C=C2\C(=O)N(c3ccccc3)C(=O)N(c3ccc(C)cc3)C2=O)o1. The summed E-state index contributed by atoms with van der Waals surface area (Å²) < 4.78 is 11.2. The smallest absolute Gasteiger partial charge is 0.343 e. The van der Waals surface area contributed by atoms with E-state index in [4.69, 9.17) is 9.15 Å². The third kappa shape index (κ3) is 4.66. The van der Waals surface area contributed by atoms with Crippen molar-refractivity contribution in [2.24, 2.45) is 0 Å². The highest BCUT2D eigenvalue weighted by atomic mass is 16.6. The molecule has 1 aliphatic rings. The van der Waals surface area contributed by atoms with Gasteiger partial charge in [0.15, 0.2) is 0 Å². The number of para-hydroxylation sites is 1. The lowest BCUT2D eigenvalue weighted by Gasteiger charge is -2.33. The highest BCUT2D eigenvalue weighted by Crippen LogP contribution is 2.35. The van der Waals surface area contributed by atoms with Gasteiger partial charge in [0.25, 0.3) is 17.5 Å². The second-order valence-electron chi connectivity index (χ2n) is 8.64. The van der Waals surface area contributed by atoms with Crippen LogP contribution in [0.15, 0.2) is 94.9 Å². The summed E-state index contributed by atoms with van der Waals surface area (Å²) in [6.07, 6.45) is 1.27. The zero-order valence-electron chi connectivity index (χ0n) is 20.9. The molecule has 3 aromatic carbocycles. The van der Waals surface area contributed by atoms with Gasteiger partial charge in [0.1, 0.15) is 22.8 Å². The van der Waals surface area contributed by atoms with Gasteiger partial charge in [0.2, 0.25) is 0 Å². The Morgan fingerprint density at radius 2 is 1.49 bits per heavy atom. The number of methoxy groups -OCH3 is 1. The number of benzene rings is 3. The molecule has 2 heterocycles. The van der Waals surface area contributed by atoms with Gasteiger partial charge in [-0.15, -0.1) is 0 Å². The maximum absolute atomic E-state index is 13.6. The Bertz CT molecular complexity index is 1640. The second kappa shape index (κ2) is 10.1. The Kier molecular flexibility index (Phi) is 6.51. The monoisotopic (exact) mass is 523 g/mol. The van der Waals surface area contributed by atoms with E-state index in [1.807, 2.05) is 6.92 Å². The maximum Gasteiger partial charge on any atom is 0.343 e. The fraction of sp³-hybridized carbons (Fsp3) is 0.0690. The fourth-order valence-corrected chi connectivity index (χ4v) is 4.17. The van der Waals surface area contributed by atoms with Gasteiger partial charge >= 0.3 is 6.03 Å². The molecule has 1 aromatic heterocycles. The molecule has 0 spiro atoms. The number of nitro benzene ring substituents is 1. The molecule has 0 atom stereocenters. The highest BCUT2D eigenvalue weighted by Gasteiger charge is 2.43. The first-order chi connectivity index (χ1) is 18.8. The molecule has 0 bridgehead atoms. The van der Waals surface area contributed by atoms with E-state index in [1.54, 1.807) is 66.7 Å². The van der Waals surface area contributed by atoms with Crippen molar-refractivity contribution in [2.45, 2.75) is 6.92 Å². The van der Waals surface area contributed by atoms with E-state index in [1.165, 1.54) is 31.4 Å². The summed E-state index contributed by atoms with van der Waals surface area (Å²) in [5.41, 5.74) is 1.56. The van der Waals surface area contributed by atoms with E-state index < -0.39 is 22.8 Å². The predicted molar refractivity (Wildman–Crippen MR) is 143 cm³/mol. The highest BCUT2D eigenvalue weighted by molar-refractivity contribution is 6.46. The Balaban J connectivity index is 1.58. The molecule has 10 heteroatoms. The number of ether oxygens (including phenoxy) is 1. The quantitative estimate of drug-likeness (QED) is 0.136. The molecule has 194 valence electrons. The number of amides is 4. The van der Waals surface area contributed by atoms with E-state index in [2.05, 4.69) is 0 Å². The predicted octanol–water partition coefficient (Wildman–Crippen LogP) is 5.76. The van der Waals surface area contributed by atoms with Crippen LogP contribution in [0, 0.1) is 17.0 Å². The molecule has 10 nitrogen and oxygen atoms in total. The van der Waals surface area contributed by atoms with Crippen LogP contribution in [0.25, 0.3) is 17.4 Å². The fourth-order valence-electron chi connectivity index (χ4n) is 4.17. The Hall–Kier alpha value is -5.51. The minimum Gasteiger partial charge on any atom is -0.496 e. The molecule has 0 N–H and O–H groups in total. The van der Waals surface area contributed by atoms with Crippen LogP contribution >= 0.6 is 0 Å². The van der Waals surface area contributed by atoms with Crippen LogP contribution in [0.4, 0.5) is 21.9 Å². The van der Waals surface area contributed by atoms with Crippen molar-refractivity contribution in [1.82, 2.24) is 0 Å². The van der Waals surface area contributed by atoms with E-state index in [9.17, 15) is 24.5 Å². The molecule has 4 amide bonds. The largest absolute Gasteiger partial charge is 0.496 e. The van der Waals surface area contributed by atoms with Crippen molar-refractivity contribution in [3.63, 3.8) is 0 Å². The number of urea groups is 1. The third-order valence-corrected chi connectivity index (χ3v) is 6.13. The summed E-state index contributed by atoms with van der Waals surface area (Å²) in [5, 5.41) is 11.1. The molecular weight excluding hydrogens is 502 g/mol. The van der Waals surface area contributed by atoms with Crippen molar-refractivity contribution >= 4 is 41.0 Å². The molecule has 5 rings (SSSR count). The van der Waals surface area contributed by atoms with Crippen molar-refractivity contribution in [3.8, 4) is 17.1 Å². The van der Waals surface area contributed by atoms with Crippen LogP contribution in [0.2, 0.25) is 0 Å². The van der Waals surface area contributed by atoms with Crippen LogP contribution in [-0.4, -0.2) is 29.9 Å². The number of nitrogens with zero attached hydrogens (tertiary/aromatic N) is 3. The molecule has 1 fully saturated rings. The van der Waals surface area contributed by atoms with Gasteiger partial charge in [0.05, 0.1) is 35.0 Å². The Morgan fingerprint density at radius 3 is 2.10 bits per heavy atom. The van der Waals surface area contributed by atoms with Gasteiger partial charge in [-0.1, -0.05) is 35.9 Å². The maximum atomic E-state index is 13.6. The second-order valence-corrected chi connectivity index (χ2v) is 8.64. The van der Waals surface area contributed by atoms with Gasteiger partial charge in [-0.05, 0) is 55.5 Å². The molecule has 0 radical (unpaired) electrons. The Labute approximate surface area is 222 Å². The number of carbonyl (C=O) groups is 3. The summed E-state index contributed by atoms with van der Waals surface area (Å²) >= 11 is 0. The number of hydrogen-bond donors (Lipinski definition) is 0. The lowest BCUT2D eigenvalue weighted by Crippen LogP contribution is -2.57. The number of imide groups is 2. The number of carbonyl (C=O) groups excluding carboxylic acids is 3. The summed E-state index contributed by atoms with van der Waals surface area (Å²) in [5.74, 6) is -0.921. The number of barbiturate groups is 1. The number of furan rings is 1. The van der Waals surface area contributed by atoms with Crippen LogP contribution in [0.3, 0.4) is 0 Å². The summed E-state index contributed by atoms with van der Waals surface area (Å²) in [6, 6.07) is 21.5. The number of non-ortho nitro benzene ring substituents is 1. The third-order valence-electron chi connectivity index (χ3n) is 6.13. The van der Waals surface area contributed by atoms with Crippen molar-refractivity contribution in [3.05, 3.63) is 112 Å². The zero-order chi connectivity index (χ0) is 27.7. The van der Waals surface area contributed by atoms with Gasteiger partial charge in [-0.25, -0.2) is 14.6 Å². The van der Waals surface area contributed by atoms with Crippen molar-refractivity contribution < 1.29 is 28.5 Å². The number of rotatable bonds is 6. The van der Waals surface area contributed by atoms with Crippen LogP contribution < -0.4 is 14.5 Å². The molecule has 0 saturated carbocycles. The molecule has 4 aromatic rings. The van der Waals surface area contributed by atoms with Crippen LogP contribution in [0.1, 0.15) is 11.3 Å². The van der Waals surface area contributed by atoms with Gasteiger partial charge < -0.3 is 9.15 Å². The molecule has 0 unspecified atom stereocenters. The van der Waals surface area contributed by atoms with Gasteiger partial charge in [-0.2, -0.15) is 0 Å². The van der Waals surface area contributed by atoms with E-state index in [0.717, 1.165) is 15.4 Å². The summed E-state index contributed by atoms with van der Waals surface area (Å²) in [6.45, 7) is 1.88. The van der Waals surface area contributed by atoms with Crippen molar-refractivity contribution in [2.75, 3.05) is 16.9 Å². The average Bonchev–Trinajstić information content (AvgIpc) is 3.41. The number of hydrogen-bond acceptors (Lipinski definition) is 7. The first-order valence-corrected chi connectivity index (χ1v) is 11.8. The molecule has 1 saturated heterocycles. The first kappa shape index (κ1) is 25.2. The van der Waals surface area contributed by atoms with Crippen LogP contribution in [-0.2, 0) is 9.59 Å². The Morgan fingerprint density at radius 1 is 0.846 bits per heavy atom. The molecular formula is C29H21N3O7. The minimum absolute atomic E-state index is 0.148. The van der Waals surface area contributed by atoms with Gasteiger partial charge in [0, 0.05) is 6.07 Å². The number of anilines is 2. The molecule has 39 heavy (non-hydrogen) atoms.